The Morgan fingerprint density at radius 1 is 1.00 bits per heavy atom. The van der Waals surface area contributed by atoms with E-state index in [0.717, 1.165) is 17.1 Å². The minimum absolute atomic E-state index is 0.110. The molecule has 0 unspecified atom stereocenters. The Bertz CT molecular complexity index is 1110. The number of halogens is 1. The Morgan fingerprint density at radius 3 is 2.39 bits per heavy atom. The van der Waals surface area contributed by atoms with Gasteiger partial charge in [0, 0.05) is 35.6 Å². The van der Waals surface area contributed by atoms with Crippen LogP contribution in [0.4, 0.5) is 17.5 Å². The van der Waals surface area contributed by atoms with Gasteiger partial charge in [-0.2, -0.15) is 4.98 Å². The van der Waals surface area contributed by atoms with Crippen molar-refractivity contribution < 1.29 is 13.2 Å². The maximum absolute atomic E-state index is 12.2. The number of hydrogen-bond acceptors (Lipinski definition) is 7. The summed E-state index contributed by atoms with van der Waals surface area (Å²) in [5.41, 5.74) is 2.30. The van der Waals surface area contributed by atoms with Gasteiger partial charge in [0.1, 0.15) is 11.6 Å². The quantitative estimate of drug-likeness (QED) is 0.395. The summed E-state index contributed by atoms with van der Waals surface area (Å²) in [6.07, 6.45) is 0. The minimum Gasteiger partial charge on any atom is -0.497 e. The summed E-state index contributed by atoms with van der Waals surface area (Å²) in [5, 5.41) is 6.83. The van der Waals surface area contributed by atoms with Crippen LogP contribution in [0, 0.1) is 6.92 Å². The van der Waals surface area contributed by atoms with E-state index < -0.39 is 10.0 Å². The smallest absolute Gasteiger partial charge is 0.224 e. The lowest BCUT2D eigenvalue weighted by Crippen LogP contribution is -2.30. The van der Waals surface area contributed by atoms with Crippen LogP contribution < -0.4 is 20.1 Å². The molecule has 0 amide bonds. The molecule has 2 aromatic carbocycles. The summed E-state index contributed by atoms with van der Waals surface area (Å²) in [5.74, 6) is 1.70. The zero-order valence-electron chi connectivity index (χ0n) is 17.2. The van der Waals surface area contributed by atoms with Crippen LogP contribution in [0.15, 0.2) is 54.6 Å². The Kier molecular flexibility index (Phi) is 7.67. The van der Waals surface area contributed by atoms with Crippen LogP contribution >= 0.6 is 11.6 Å². The third kappa shape index (κ3) is 7.39. The number of nitrogens with zero attached hydrogens (tertiary/aromatic N) is 2. The van der Waals surface area contributed by atoms with Gasteiger partial charge in [-0.05, 0) is 48.9 Å². The molecule has 0 radical (unpaired) electrons. The van der Waals surface area contributed by atoms with E-state index in [-0.39, 0.29) is 12.3 Å². The molecule has 0 saturated heterocycles. The molecular formula is C21H24ClN5O3S. The van der Waals surface area contributed by atoms with Gasteiger partial charge in [0.2, 0.25) is 16.0 Å². The molecule has 0 aliphatic heterocycles. The summed E-state index contributed by atoms with van der Waals surface area (Å²) in [6.45, 7) is 2.40. The average molecular weight is 462 g/mol. The van der Waals surface area contributed by atoms with Gasteiger partial charge in [0.15, 0.2) is 0 Å². The summed E-state index contributed by atoms with van der Waals surface area (Å²) >= 11 is 5.83. The normalized spacial score (nSPS) is 11.2. The summed E-state index contributed by atoms with van der Waals surface area (Å²) in [4.78, 5) is 8.77. The Balaban J connectivity index is 1.52. The molecule has 1 aromatic heterocycles. The van der Waals surface area contributed by atoms with Crippen LogP contribution in [0.3, 0.4) is 0 Å². The number of nitrogens with one attached hydrogen (secondary N) is 3. The lowest BCUT2D eigenvalue weighted by molar-refractivity contribution is 0.415. The van der Waals surface area contributed by atoms with Crippen LogP contribution in [0.25, 0.3) is 0 Å². The van der Waals surface area contributed by atoms with Crippen molar-refractivity contribution in [3.63, 3.8) is 0 Å². The molecule has 10 heteroatoms. The van der Waals surface area contributed by atoms with Crippen LogP contribution in [0.5, 0.6) is 5.75 Å². The van der Waals surface area contributed by atoms with E-state index in [0.29, 0.717) is 28.9 Å². The number of methoxy groups -OCH3 is 1. The van der Waals surface area contributed by atoms with Crippen molar-refractivity contribution in [1.29, 1.82) is 0 Å². The van der Waals surface area contributed by atoms with Crippen molar-refractivity contribution in [2.24, 2.45) is 0 Å². The number of ether oxygens (including phenoxy) is 1. The lowest BCUT2D eigenvalue weighted by Gasteiger charge is -2.11. The van der Waals surface area contributed by atoms with Gasteiger partial charge in [0.05, 0.1) is 12.9 Å². The molecule has 0 fully saturated rings. The fraction of sp³-hybridized carbons (Fsp3) is 0.238. The van der Waals surface area contributed by atoms with E-state index in [4.69, 9.17) is 16.3 Å². The molecule has 8 nitrogen and oxygen atoms in total. The van der Waals surface area contributed by atoms with E-state index >= 15 is 0 Å². The first-order chi connectivity index (χ1) is 14.8. The summed E-state index contributed by atoms with van der Waals surface area (Å²) in [7, 11) is -1.84. The molecule has 164 valence electrons. The molecule has 3 aromatic rings. The molecule has 0 aliphatic rings. The first-order valence-corrected chi connectivity index (χ1v) is 11.6. The van der Waals surface area contributed by atoms with Gasteiger partial charge in [-0.15, -0.1) is 0 Å². The maximum Gasteiger partial charge on any atom is 0.224 e. The van der Waals surface area contributed by atoms with Crippen molar-refractivity contribution in [1.82, 2.24) is 14.7 Å². The third-order valence-electron chi connectivity index (χ3n) is 4.22. The van der Waals surface area contributed by atoms with E-state index in [1.165, 1.54) is 0 Å². The SMILES string of the molecule is COc1ccc(Nc2cc(C)nc(NCCNS(=O)(=O)Cc3ccc(Cl)cc3)n2)cc1. The molecule has 0 atom stereocenters. The van der Waals surface area contributed by atoms with Crippen molar-refractivity contribution in [2.75, 3.05) is 30.8 Å². The third-order valence-corrected chi connectivity index (χ3v) is 5.83. The Morgan fingerprint density at radius 2 is 1.71 bits per heavy atom. The zero-order valence-corrected chi connectivity index (χ0v) is 18.8. The molecule has 1 heterocycles. The highest BCUT2D eigenvalue weighted by molar-refractivity contribution is 7.88. The van der Waals surface area contributed by atoms with Crippen molar-refractivity contribution in [3.05, 3.63) is 70.9 Å². The number of aromatic nitrogens is 2. The fourth-order valence-electron chi connectivity index (χ4n) is 2.77. The average Bonchev–Trinajstić information content (AvgIpc) is 2.73. The van der Waals surface area contributed by atoms with Gasteiger partial charge in [-0.3, -0.25) is 0 Å². The summed E-state index contributed by atoms with van der Waals surface area (Å²) < 4.78 is 32.2. The molecule has 31 heavy (non-hydrogen) atoms. The van der Waals surface area contributed by atoms with Crippen molar-refractivity contribution in [2.45, 2.75) is 12.7 Å². The standard InChI is InChI=1S/C21H24ClN5O3S/c1-15-13-20(26-18-7-9-19(30-2)10-8-18)27-21(25-15)23-11-12-24-31(28,29)14-16-3-5-17(22)6-4-16/h3-10,13,24H,11-12,14H2,1-2H3,(H2,23,25,26,27). The first kappa shape index (κ1) is 22.8. The second-order valence-electron chi connectivity index (χ2n) is 6.78. The highest BCUT2D eigenvalue weighted by atomic mass is 35.5. The molecule has 3 N–H and O–H groups in total. The van der Waals surface area contributed by atoms with E-state index in [2.05, 4.69) is 25.3 Å². The molecule has 0 spiro atoms. The lowest BCUT2D eigenvalue weighted by atomic mass is 10.2. The van der Waals surface area contributed by atoms with Crippen LogP contribution in [-0.4, -0.2) is 38.6 Å². The molecular weight excluding hydrogens is 438 g/mol. The number of rotatable bonds is 10. The van der Waals surface area contributed by atoms with E-state index in [9.17, 15) is 8.42 Å². The zero-order chi connectivity index (χ0) is 22.3. The largest absolute Gasteiger partial charge is 0.497 e. The van der Waals surface area contributed by atoms with Crippen LogP contribution in [-0.2, 0) is 15.8 Å². The van der Waals surface area contributed by atoms with Crippen LogP contribution in [0.1, 0.15) is 11.3 Å². The van der Waals surface area contributed by atoms with Gasteiger partial charge >= 0.3 is 0 Å². The maximum atomic E-state index is 12.2. The number of aryl methyl sites for hydroxylation is 1. The second kappa shape index (κ2) is 10.4. The number of sulfonamides is 1. The highest BCUT2D eigenvalue weighted by Crippen LogP contribution is 2.20. The molecule has 0 bridgehead atoms. The van der Waals surface area contributed by atoms with Crippen LogP contribution in [0.2, 0.25) is 5.02 Å². The van der Waals surface area contributed by atoms with Crippen molar-refractivity contribution in [3.8, 4) is 5.75 Å². The molecule has 0 saturated carbocycles. The Labute approximate surface area is 187 Å². The number of benzene rings is 2. The van der Waals surface area contributed by atoms with Gasteiger partial charge in [-0.25, -0.2) is 18.1 Å². The minimum atomic E-state index is -3.46. The molecule has 0 aliphatic carbocycles. The predicted molar refractivity (Wildman–Crippen MR) is 124 cm³/mol. The summed E-state index contributed by atoms with van der Waals surface area (Å²) in [6, 6.07) is 16.0. The topological polar surface area (TPSA) is 105 Å². The number of hydrogen-bond donors (Lipinski definition) is 3. The second-order valence-corrected chi connectivity index (χ2v) is 9.02. The monoisotopic (exact) mass is 461 g/mol. The van der Waals surface area contributed by atoms with Gasteiger partial charge in [0.25, 0.3) is 0 Å². The van der Waals surface area contributed by atoms with Crippen molar-refractivity contribution >= 4 is 39.1 Å². The fourth-order valence-corrected chi connectivity index (χ4v) is 4.04. The Hall–Kier alpha value is -2.88. The predicted octanol–water partition coefficient (Wildman–Crippen LogP) is 3.72. The highest BCUT2D eigenvalue weighted by Gasteiger charge is 2.11. The van der Waals surface area contributed by atoms with E-state index in [1.54, 1.807) is 31.4 Å². The van der Waals surface area contributed by atoms with Gasteiger partial charge in [-0.1, -0.05) is 23.7 Å². The first-order valence-electron chi connectivity index (χ1n) is 9.55. The van der Waals surface area contributed by atoms with Gasteiger partial charge < -0.3 is 15.4 Å². The van der Waals surface area contributed by atoms with E-state index in [1.807, 2.05) is 37.3 Å². The number of anilines is 3. The molecule has 3 rings (SSSR count).